The Hall–Kier alpha value is -4.10. The summed E-state index contributed by atoms with van der Waals surface area (Å²) in [6.45, 7) is 7.53. The molecule has 40 heavy (non-hydrogen) atoms. The number of rotatable bonds is 5. The van der Waals surface area contributed by atoms with E-state index in [-0.39, 0.29) is 40.0 Å². The molecule has 1 N–H and O–H groups in total. The largest absolute Gasteiger partial charge is 0.507 e. The normalized spacial score (nSPS) is 25.7. The highest BCUT2D eigenvalue weighted by atomic mass is 79.9. The number of nitrogens with zero attached hydrogens (tertiary/aromatic N) is 1. The minimum atomic E-state index is -0.711. The summed E-state index contributed by atoms with van der Waals surface area (Å²) in [4.78, 5) is 55.7. The van der Waals surface area contributed by atoms with Gasteiger partial charge in [0.15, 0.2) is 11.6 Å². The first-order chi connectivity index (χ1) is 19.3. The Kier molecular flexibility index (Phi) is 6.42. The lowest BCUT2D eigenvalue weighted by molar-refractivity contribution is -0.123. The molecular weight excluding hydrogens is 570 g/mol. The third kappa shape index (κ3) is 3.83. The average molecular weight is 596 g/mol. The molecule has 4 aliphatic rings. The Morgan fingerprint density at radius 1 is 1.00 bits per heavy atom. The molecule has 7 heteroatoms. The number of carbonyl (C=O) groups is 4. The first-order valence-corrected chi connectivity index (χ1v) is 14.0. The minimum absolute atomic E-state index is 0.0366. The lowest BCUT2D eigenvalue weighted by Crippen LogP contribution is -2.39. The van der Waals surface area contributed by atoms with Crippen LogP contribution in [0.25, 0.3) is 6.08 Å². The average Bonchev–Trinajstić information content (AvgIpc) is 3.21. The number of benzene rings is 2. The quantitative estimate of drug-likeness (QED) is 0.271. The number of imide groups is 1. The maximum Gasteiger partial charge on any atom is 0.238 e. The Balaban J connectivity index is 1.49. The fourth-order valence-corrected chi connectivity index (χ4v) is 7.19. The number of hydrogen-bond donors (Lipinski definition) is 1. The highest BCUT2D eigenvalue weighted by molar-refractivity contribution is 9.12. The molecule has 1 heterocycles. The van der Waals surface area contributed by atoms with Crippen molar-refractivity contribution >= 4 is 51.1 Å². The zero-order valence-corrected chi connectivity index (χ0v) is 23.2. The van der Waals surface area contributed by atoms with Crippen LogP contribution in [0.15, 0.2) is 95.1 Å². The van der Waals surface area contributed by atoms with Gasteiger partial charge in [-0.05, 0) is 64.4 Å². The minimum Gasteiger partial charge on any atom is -0.507 e. The molecule has 0 aromatic heterocycles. The summed E-state index contributed by atoms with van der Waals surface area (Å²) in [7, 11) is 0. The molecule has 4 atom stereocenters. The van der Waals surface area contributed by atoms with Crippen molar-refractivity contribution in [3.63, 3.8) is 0 Å². The number of allylic oxidation sites excluding steroid dienone is 7. The summed E-state index contributed by atoms with van der Waals surface area (Å²) in [6, 6.07) is 12.4. The highest BCUT2D eigenvalue weighted by Crippen LogP contribution is 2.56. The lowest BCUT2D eigenvalue weighted by Gasteiger charge is -2.42. The van der Waals surface area contributed by atoms with Crippen LogP contribution in [0.2, 0.25) is 0 Å². The van der Waals surface area contributed by atoms with Crippen molar-refractivity contribution in [2.45, 2.75) is 25.2 Å². The summed E-state index contributed by atoms with van der Waals surface area (Å²) in [5.74, 6) is -3.61. The third-order valence-electron chi connectivity index (χ3n) is 8.54. The second-order valence-corrected chi connectivity index (χ2v) is 11.4. The molecule has 6 rings (SSSR count). The molecule has 3 aliphatic carbocycles. The van der Waals surface area contributed by atoms with E-state index in [9.17, 15) is 24.3 Å². The topological polar surface area (TPSA) is 91.8 Å². The van der Waals surface area contributed by atoms with Gasteiger partial charge in [-0.15, -0.1) is 6.58 Å². The molecule has 0 radical (unpaired) electrons. The number of phenolic OH excluding ortho intramolecular Hbond substituents is 1. The Morgan fingerprint density at radius 2 is 1.75 bits per heavy atom. The van der Waals surface area contributed by atoms with Crippen LogP contribution >= 0.6 is 15.9 Å². The van der Waals surface area contributed by atoms with Crippen molar-refractivity contribution in [2.75, 3.05) is 4.90 Å². The highest BCUT2D eigenvalue weighted by Gasteiger charge is 2.56. The number of halogens is 1. The first kappa shape index (κ1) is 26.1. The van der Waals surface area contributed by atoms with Gasteiger partial charge in [-0.2, -0.15) is 0 Å². The van der Waals surface area contributed by atoms with E-state index in [0.29, 0.717) is 40.8 Å². The van der Waals surface area contributed by atoms with Gasteiger partial charge in [0.1, 0.15) is 5.75 Å². The molecule has 1 aliphatic heterocycles. The van der Waals surface area contributed by atoms with Gasteiger partial charge in [0.05, 0.1) is 22.0 Å². The van der Waals surface area contributed by atoms with Crippen LogP contribution in [0.5, 0.6) is 5.75 Å². The van der Waals surface area contributed by atoms with E-state index in [1.165, 1.54) is 11.0 Å². The number of carbonyl (C=O) groups excluding carboxylic acids is 4. The van der Waals surface area contributed by atoms with Gasteiger partial charge in [-0.25, -0.2) is 0 Å². The van der Waals surface area contributed by atoms with E-state index in [1.807, 2.05) is 12.1 Å². The fourth-order valence-electron chi connectivity index (χ4n) is 6.74. The number of para-hydroxylation sites is 1. The number of aromatic hydroxyl groups is 1. The first-order valence-electron chi connectivity index (χ1n) is 13.2. The summed E-state index contributed by atoms with van der Waals surface area (Å²) in [5, 5.41) is 11.3. The molecule has 0 bridgehead atoms. The van der Waals surface area contributed by atoms with Gasteiger partial charge in [0.25, 0.3) is 0 Å². The SMILES string of the molecule is C=CCc1cccc(C2C3=CCC4C(=O)N(c5ccc(C=C)cc5)C(=O)C4C3CC3=C2C(=O)C=C(Br)C3=O)c1O. The Labute approximate surface area is 240 Å². The van der Waals surface area contributed by atoms with Crippen LogP contribution in [-0.2, 0) is 25.6 Å². The molecule has 4 unspecified atom stereocenters. The number of hydrogen-bond acceptors (Lipinski definition) is 5. The van der Waals surface area contributed by atoms with Gasteiger partial charge in [0, 0.05) is 28.7 Å². The van der Waals surface area contributed by atoms with Crippen molar-refractivity contribution in [2.24, 2.45) is 17.8 Å². The second kappa shape index (κ2) is 9.82. The zero-order chi connectivity index (χ0) is 28.3. The number of amides is 2. The number of phenols is 1. The van der Waals surface area contributed by atoms with Crippen LogP contribution in [0, 0.1) is 17.8 Å². The van der Waals surface area contributed by atoms with Crippen molar-refractivity contribution < 1.29 is 24.3 Å². The summed E-state index contributed by atoms with van der Waals surface area (Å²) >= 11 is 3.24. The van der Waals surface area contributed by atoms with Crippen molar-refractivity contribution in [1.82, 2.24) is 0 Å². The third-order valence-corrected chi connectivity index (χ3v) is 9.13. The predicted molar refractivity (Wildman–Crippen MR) is 156 cm³/mol. The number of ketones is 2. The standard InChI is InChI=1S/C33H26BrNO5/c1-3-6-18-7-5-8-21(30(18)37)27-20-13-14-22-28(23(20)15-24-29(27)26(36)16-25(34)31(24)38)33(40)35(32(22)39)19-11-9-17(4-2)10-12-19/h3-5,7-13,16,22-23,27-28,37H,1-2,6,14-15H2. The molecular formula is C33H26BrNO5. The van der Waals surface area contributed by atoms with Gasteiger partial charge in [-0.3, -0.25) is 24.1 Å². The van der Waals surface area contributed by atoms with Crippen LogP contribution in [0.4, 0.5) is 5.69 Å². The molecule has 200 valence electrons. The smallest absolute Gasteiger partial charge is 0.238 e. The Bertz CT molecular complexity index is 1630. The van der Waals surface area contributed by atoms with E-state index in [0.717, 1.165) is 11.1 Å². The monoisotopic (exact) mass is 595 g/mol. The van der Waals surface area contributed by atoms with Gasteiger partial charge >= 0.3 is 0 Å². The molecule has 0 spiro atoms. The molecule has 1 fully saturated rings. The van der Waals surface area contributed by atoms with E-state index in [2.05, 4.69) is 29.1 Å². The van der Waals surface area contributed by atoms with Gasteiger partial charge in [-0.1, -0.05) is 60.7 Å². The maximum atomic E-state index is 14.0. The lowest BCUT2D eigenvalue weighted by atomic mass is 9.59. The van der Waals surface area contributed by atoms with E-state index in [4.69, 9.17) is 0 Å². The Morgan fingerprint density at radius 3 is 2.45 bits per heavy atom. The maximum absolute atomic E-state index is 14.0. The summed E-state index contributed by atoms with van der Waals surface area (Å²) < 4.78 is 0.164. The van der Waals surface area contributed by atoms with Crippen LogP contribution < -0.4 is 4.90 Å². The van der Waals surface area contributed by atoms with Crippen molar-refractivity contribution in [3.8, 4) is 5.75 Å². The number of anilines is 1. The summed E-state index contributed by atoms with van der Waals surface area (Å²) in [5.41, 5.74) is 3.97. The van der Waals surface area contributed by atoms with Crippen LogP contribution in [0.1, 0.15) is 35.4 Å². The van der Waals surface area contributed by atoms with Crippen molar-refractivity contribution in [1.29, 1.82) is 0 Å². The van der Waals surface area contributed by atoms with Gasteiger partial charge in [0.2, 0.25) is 11.8 Å². The van der Waals surface area contributed by atoms with E-state index < -0.39 is 23.7 Å². The van der Waals surface area contributed by atoms with Crippen molar-refractivity contribution in [3.05, 3.63) is 112 Å². The molecule has 2 aromatic rings. The second-order valence-electron chi connectivity index (χ2n) is 10.5. The van der Waals surface area contributed by atoms with Gasteiger partial charge < -0.3 is 5.11 Å². The van der Waals surface area contributed by atoms with Crippen LogP contribution in [-0.4, -0.2) is 28.5 Å². The summed E-state index contributed by atoms with van der Waals surface area (Å²) in [6.07, 6.45) is 7.53. The molecule has 6 nitrogen and oxygen atoms in total. The molecule has 2 aromatic carbocycles. The molecule has 0 saturated carbocycles. The molecule has 1 saturated heterocycles. The zero-order valence-electron chi connectivity index (χ0n) is 21.6. The molecule has 2 amide bonds. The number of Topliss-reactive ketones (excluding diaryl/α,β-unsaturated/α-hetero) is 1. The van der Waals surface area contributed by atoms with E-state index >= 15 is 0 Å². The fraction of sp³-hybridized carbons (Fsp3) is 0.212. The van der Waals surface area contributed by atoms with Crippen LogP contribution in [0.3, 0.4) is 0 Å². The number of fused-ring (bicyclic) bond motifs is 3. The predicted octanol–water partition coefficient (Wildman–Crippen LogP) is 5.73. The van der Waals surface area contributed by atoms with E-state index in [1.54, 1.807) is 48.6 Å².